The van der Waals surface area contributed by atoms with Crippen molar-refractivity contribution in [3.8, 4) is 0 Å². The van der Waals surface area contributed by atoms with Crippen molar-refractivity contribution in [3.05, 3.63) is 97.4 Å². The molecule has 1 fully saturated rings. The zero-order chi connectivity index (χ0) is 38.2. The van der Waals surface area contributed by atoms with Gasteiger partial charge in [-0.15, -0.1) is 0 Å². The molecule has 0 bridgehead atoms. The monoisotopic (exact) mass is 756 g/mol. The first-order valence-electron chi connectivity index (χ1n) is 20.7. The van der Waals surface area contributed by atoms with E-state index in [1.165, 1.54) is 70.6 Å². The summed E-state index contributed by atoms with van der Waals surface area (Å²) in [6.07, 6.45) is 56.4. The van der Waals surface area contributed by atoms with Crippen molar-refractivity contribution in [2.75, 3.05) is 26.4 Å². The predicted octanol–water partition coefficient (Wildman–Crippen LogP) is 13.3. The highest BCUT2D eigenvalue weighted by Gasteiger charge is 2.31. The highest BCUT2D eigenvalue weighted by Crippen LogP contribution is 2.46. The largest absolute Gasteiger partial charge is 0.498 e. The second-order valence-electron chi connectivity index (χ2n) is 13.3. The molecule has 0 aromatic heterocycles. The van der Waals surface area contributed by atoms with Crippen molar-refractivity contribution in [1.29, 1.82) is 0 Å². The van der Waals surface area contributed by atoms with Gasteiger partial charge in [0.05, 0.1) is 19.5 Å². The molecule has 1 aliphatic rings. The van der Waals surface area contributed by atoms with E-state index >= 15 is 0 Å². The molecule has 8 heteroatoms. The van der Waals surface area contributed by atoms with E-state index in [4.69, 9.17) is 18.5 Å². The fourth-order valence-electron chi connectivity index (χ4n) is 5.32. The molecule has 0 aromatic carbocycles. The summed E-state index contributed by atoms with van der Waals surface area (Å²) < 4.78 is 34.5. The molecule has 0 amide bonds. The zero-order valence-electron chi connectivity index (χ0n) is 33.4. The fraction of sp³-hybridized carbons (Fsp3) is 0.622. The van der Waals surface area contributed by atoms with Gasteiger partial charge in [0.1, 0.15) is 6.61 Å². The maximum atomic E-state index is 12.6. The highest BCUT2D eigenvalue weighted by molar-refractivity contribution is 7.51. The van der Waals surface area contributed by atoms with E-state index in [1.807, 2.05) is 12.2 Å². The maximum Gasteiger partial charge on any atom is 0.405 e. The number of nitrogens with one attached hydrogen (secondary N) is 1. The Morgan fingerprint density at radius 2 is 1.11 bits per heavy atom. The van der Waals surface area contributed by atoms with Gasteiger partial charge in [0, 0.05) is 13.0 Å². The number of rotatable bonds is 35. The van der Waals surface area contributed by atoms with Gasteiger partial charge < -0.3 is 9.47 Å². The second kappa shape index (κ2) is 37.6. The lowest BCUT2D eigenvalue weighted by molar-refractivity contribution is -0.153. The molecule has 2 unspecified atom stereocenters. The third-order valence-corrected chi connectivity index (χ3v) is 9.99. The number of esters is 1. The third-order valence-electron chi connectivity index (χ3n) is 8.37. The molecule has 1 rings (SSSR count). The lowest BCUT2D eigenvalue weighted by Gasteiger charge is -2.19. The van der Waals surface area contributed by atoms with Crippen molar-refractivity contribution >= 4 is 13.7 Å². The summed E-state index contributed by atoms with van der Waals surface area (Å²) in [5.41, 5.74) is 0. The van der Waals surface area contributed by atoms with Crippen molar-refractivity contribution in [2.45, 2.75) is 155 Å². The van der Waals surface area contributed by atoms with E-state index in [9.17, 15) is 9.36 Å². The Bertz CT molecular complexity index is 1140. The van der Waals surface area contributed by atoms with E-state index in [1.54, 1.807) is 6.26 Å². The zero-order valence-corrected chi connectivity index (χ0v) is 34.3. The number of unbranched alkanes of at least 4 members (excludes halogenated alkanes) is 11. The number of ether oxygens (including phenoxy) is 2. The minimum absolute atomic E-state index is 0.0722. The number of hydrogen-bond acceptors (Lipinski definition) is 6. The summed E-state index contributed by atoms with van der Waals surface area (Å²) in [6.45, 7) is 5.24. The summed E-state index contributed by atoms with van der Waals surface area (Å²) in [5, 5.41) is 2.75. The number of carbonyl (C=O) groups excluding carboxylic acids is 1. The molecule has 7 nitrogen and oxygen atoms in total. The van der Waals surface area contributed by atoms with Gasteiger partial charge in [-0.05, 0) is 89.5 Å². The van der Waals surface area contributed by atoms with Crippen molar-refractivity contribution in [2.24, 2.45) is 0 Å². The topological polar surface area (TPSA) is 83.1 Å². The molecule has 1 aliphatic heterocycles. The van der Waals surface area contributed by atoms with Crippen LogP contribution in [-0.2, 0) is 27.9 Å². The Morgan fingerprint density at radius 1 is 0.623 bits per heavy atom. The molecular formula is C45H74NO6P. The van der Waals surface area contributed by atoms with Crippen LogP contribution in [0.3, 0.4) is 0 Å². The molecule has 1 saturated heterocycles. The summed E-state index contributed by atoms with van der Waals surface area (Å²) in [6, 6.07) is 0. The first kappa shape index (κ1) is 48.3. The molecule has 0 radical (unpaired) electrons. The summed E-state index contributed by atoms with van der Waals surface area (Å²) >= 11 is 0. The quantitative estimate of drug-likeness (QED) is 0.0227. The van der Waals surface area contributed by atoms with Gasteiger partial charge >= 0.3 is 13.7 Å². The number of hydrogen-bond donors (Lipinski definition) is 1. The molecule has 2 atom stereocenters. The molecule has 53 heavy (non-hydrogen) atoms. The van der Waals surface area contributed by atoms with Gasteiger partial charge in [0.15, 0.2) is 6.10 Å². The average Bonchev–Trinajstić information content (AvgIpc) is 3.60. The maximum absolute atomic E-state index is 12.6. The van der Waals surface area contributed by atoms with Crippen LogP contribution in [0, 0.1) is 0 Å². The summed E-state index contributed by atoms with van der Waals surface area (Å²) in [5.74, 6) is -0.346. The van der Waals surface area contributed by atoms with Gasteiger partial charge in [0.2, 0.25) is 0 Å². The molecule has 0 aliphatic carbocycles. The lowest BCUT2D eigenvalue weighted by atomic mass is 10.1. The molecule has 300 valence electrons. The fourth-order valence-corrected chi connectivity index (χ4v) is 6.63. The summed E-state index contributed by atoms with van der Waals surface area (Å²) in [4.78, 5) is 12.6. The number of carbonyl (C=O) groups is 1. The molecule has 0 aromatic rings. The van der Waals surface area contributed by atoms with Gasteiger partial charge in [-0.25, -0.2) is 9.65 Å². The van der Waals surface area contributed by atoms with Crippen LogP contribution in [0.4, 0.5) is 0 Å². The lowest BCUT2D eigenvalue weighted by Crippen LogP contribution is -2.28. The van der Waals surface area contributed by atoms with E-state index in [-0.39, 0.29) is 25.6 Å². The van der Waals surface area contributed by atoms with Crippen molar-refractivity contribution in [3.63, 3.8) is 0 Å². The Kier molecular flexibility index (Phi) is 34.3. The smallest absolute Gasteiger partial charge is 0.405 e. The molecule has 1 heterocycles. The Labute approximate surface area is 324 Å². The van der Waals surface area contributed by atoms with Gasteiger partial charge in [-0.3, -0.25) is 13.8 Å². The standard InChI is InChI=1S/C45H74NO6P/c1-3-5-7-9-11-13-15-17-19-21-22-23-24-26-28-30-32-34-36-38-45(47)52-44(43-51-53(48)46-39-41-50-53)42-49-40-37-35-33-31-29-27-25-20-18-16-14-12-10-8-6-4-2/h5,7,11,13,17-20,22-23,26,28,32,34,37,40,44H,3-4,6,8-10,12,14-16,21,24-25,27,29-31,33,35-36,38-39,41-43H2,1-2H3,(H,46,48)/b7-5-,13-11-,19-17-,20-18-,23-22-,28-26-,34-32-,40-37-. The minimum Gasteiger partial charge on any atom is -0.498 e. The van der Waals surface area contributed by atoms with E-state index in [0.29, 0.717) is 19.6 Å². The van der Waals surface area contributed by atoms with E-state index < -0.39 is 13.9 Å². The van der Waals surface area contributed by atoms with Crippen molar-refractivity contribution in [1.82, 2.24) is 5.09 Å². The Hall–Kier alpha value is -2.70. The molecule has 0 saturated carbocycles. The van der Waals surface area contributed by atoms with Crippen LogP contribution in [-0.4, -0.2) is 38.4 Å². The van der Waals surface area contributed by atoms with Crippen LogP contribution in [0.2, 0.25) is 0 Å². The highest BCUT2D eigenvalue weighted by atomic mass is 31.2. The third kappa shape index (κ3) is 33.6. The Morgan fingerprint density at radius 3 is 1.64 bits per heavy atom. The van der Waals surface area contributed by atoms with Gasteiger partial charge in [-0.2, -0.15) is 0 Å². The van der Waals surface area contributed by atoms with Gasteiger partial charge in [0.25, 0.3) is 0 Å². The van der Waals surface area contributed by atoms with E-state index in [0.717, 1.165) is 51.4 Å². The van der Waals surface area contributed by atoms with E-state index in [2.05, 4.69) is 97.9 Å². The summed E-state index contributed by atoms with van der Waals surface area (Å²) in [7, 11) is -3.35. The van der Waals surface area contributed by atoms with Crippen LogP contribution in [0.5, 0.6) is 0 Å². The molecule has 1 N–H and O–H groups in total. The first-order valence-corrected chi connectivity index (χ1v) is 22.3. The Balaban J connectivity index is 2.20. The average molecular weight is 756 g/mol. The molecular weight excluding hydrogens is 681 g/mol. The van der Waals surface area contributed by atoms with Crippen LogP contribution >= 0.6 is 7.75 Å². The van der Waals surface area contributed by atoms with Crippen LogP contribution in [0.15, 0.2) is 97.4 Å². The molecule has 0 spiro atoms. The predicted molar refractivity (Wildman–Crippen MR) is 225 cm³/mol. The normalized spacial score (nSPS) is 17.5. The van der Waals surface area contributed by atoms with Crippen LogP contribution < -0.4 is 5.09 Å². The van der Waals surface area contributed by atoms with Crippen LogP contribution in [0.25, 0.3) is 0 Å². The number of allylic oxidation sites excluding steroid dienone is 15. The SMILES string of the molecule is CC/C=C\C/C=C\C/C=C\C/C=C\C/C=C\C/C=C\CCC(=O)OC(CO/C=C\CCCCCC/C=C\CCCCCCCC)COP1(=O)NCCO1. The first-order chi connectivity index (χ1) is 26.1. The second-order valence-corrected chi connectivity index (χ2v) is 15.2. The van der Waals surface area contributed by atoms with Crippen molar-refractivity contribution < 1.29 is 27.9 Å². The van der Waals surface area contributed by atoms with Crippen LogP contribution in [0.1, 0.15) is 149 Å². The minimum atomic E-state index is -3.35. The van der Waals surface area contributed by atoms with Gasteiger partial charge in [-0.1, -0.05) is 144 Å².